The normalized spacial score (nSPS) is 10.8. The minimum absolute atomic E-state index is 0.0525. The van der Waals surface area contributed by atoms with Crippen LogP contribution in [0.25, 0.3) is 11.4 Å². The molecule has 0 aliphatic carbocycles. The molecule has 4 rings (SSSR count). The summed E-state index contributed by atoms with van der Waals surface area (Å²) in [4.78, 5) is 17.0. The summed E-state index contributed by atoms with van der Waals surface area (Å²) in [7, 11) is 3.20. The highest BCUT2D eigenvalue weighted by molar-refractivity contribution is 7.99. The van der Waals surface area contributed by atoms with E-state index in [0.717, 1.165) is 12.0 Å². The van der Waals surface area contributed by atoms with Gasteiger partial charge in [-0.3, -0.25) is 9.89 Å². The van der Waals surface area contributed by atoms with E-state index in [1.54, 1.807) is 20.3 Å². The van der Waals surface area contributed by atoms with E-state index in [4.69, 9.17) is 9.47 Å². The summed E-state index contributed by atoms with van der Waals surface area (Å²) in [6, 6.07) is 26.2. The predicted octanol–water partition coefficient (Wildman–Crippen LogP) is 4.92. The molecule has 2 N–H and O–H groups in total. The van der Waals surface area contributed by atoms with Gasteiger partial charge in [0.15, 0.2) is 5.82 Å². The Labute approximate surface area is 209 Å². The number of hydrogen-bond donors (Lipinski definition) is 2. The highest BCUT2D eigenvalue weighted by Gasteiger charge is 2.16. The van der Waals surface area contributed by atoms with Crippen molar-refractivity contribution in [1.29, 1.82) is 0 Å². The zero-order chi connectivity index (χ0) is 24.5. The van der Waals surface area contributed by atoms with Crippen LogP contribution in [0.1, 0.15) is 23.5 Å². The van der Waals surface area contributed by atoms with E-state index >= 15 is 0 Å². The van der Waals surface area contributed by atoms with Crippen molar-refractivity contribution in [3.8, 4) is 22.9 Å². The number of nitrogens with zero attached hydrogens (tertiary/aromatic N) is 2. The second-order valence-corrected chi connectivity index (χ2v) is 8.78. The van der Waals surface area contributed by atoms with E-state index < -0.39 is 0 Å². The maximum absolute atomic E-state index is 12.5. The molecule has 0 radical (unpaired) electrons. The molecule has 0 saturated carbocycles. The quantitative estimate of drug-likeness (QED) is 0.291. The number of nitrogens with one attached hydrogen (secondary N) is 2. The van der Waals surface area contributed by atoms with Crippen LogP contribution >= 0.6 is 11.8 Å². The number of thioether (sulfide) groups is 1. The number of H-pyrrole nitrogens is 1. The summed E-state index contributed by atoms with van der Waals surface area (Å²) < 4.78 is 10.7. The zero-order valence-corrected chi connectivity index (χ0v) is 20.5. The third-order valence-corrected chi connectivity index (χ3v) is 6.47. The zero-order valence-electron chi connectivity index (χ0n) is 19.7. The molecule has 7 nitrogen and oxygen atoms in total. The van der Waals surface area contributed by atoms with Gasteiger partial charge in [-0.25, -0.2) is 4.98 Å². The lowest BCUT2D eigenvalue weighted by molar-refractivity contribution is -0.118. The summed E-state index contributed by atoms with van der Waals surface area (Å²) in [6.45, 7) is 0.580. The van der Waals surface area contributed by atoms with E-state index in [2.05, 4.69) is 44.8 Å². The molecule has 8 heteroatoms. The smallest absolute Gasteiger partial charge is 0.230 e. The monoisotopic (exact) mass is 488 g/mol. The minimum Gasteiger partial charge on any atom is -0.497 e. The second kappa shape index (κ2) is 12.1. The molecule has 0 spiro atoms. The number of aromatic nitrogens is 3. The molecule has 1 heterocycles. The predicted molar refractivity (Wildman–Crippen MR) is 138 cm³/mol. The Kier molecular flexibility index (Phi) is 8.40. The largest absolute Gasteiger partial charge is 0.497 e. The summed E-state index contributed by atoms with van der Waals surface area (Å²) in [5.74, 6) is 2.29. The van der Waals surface area contributed by atoms with E-state index in [1.165, 1.54) is 22.9 Å². The highest BCUT2D eigenvalue weighted by Crippen LogP contribution is 2.32. The lowest BCUT2D eigenvalue weighted by atomic mass is 9.88. The average molecular weight is 489 g/mol. The Morgan fingerprint density at radius 3 is 2.29 bits per heavy atom. The molecule has 0 aliphatic rings. The van der Waals surface area contributed by atoms with E-state index in [0.29, 0.717) is 29.0 Å². The highest BCUT2D eigenvalue weighted by atomic mass is 32.2. The summed E-state index contributed by atoms with van der Waals surface area (Å²) in [5.41, 5.74) is 3.25. The van der Waals surface area contributed by atoms with Gasteiger partial charge in [-0.2, -0.15) is 0 Å². The standard InChI is InChI=1S/C27H28N4O3S/c1-33-21-13-14-23(24(17-21)34-2)26-29-27(31-30-26)35-18-25(32)28-16-15-22(19-9-5-3-6-10-19)20-11-7-4-8-12-20/h3-14,17,22H,15-16,18H2,1-2H3,(H,28,32)(H,29,30,31). The Balaban J connectivity index is 1.31. The van der Waals surface area contributed by atoms with Crippen molar-refractivity contribution < 1.29 is 14.3 Å². The molecule has 0 unspecified atom stereocenters. The number of aromatic amines is 1. The molecule has 0 saturated heterocycles. The second-order valence-electron chi connectivity index (χ2n) is 7.83. The molecular weight excluding hydrogens is 460 g/mol. The van der Waals surface area contributed by atoms with Crippen molar-refractivity contribution in [2.75, 3.05) is 26.5 Å². The third-order valence-electron chi connectivity index (χ3n) is 5.62. The van der Waals surface area contributed by atoms with Crippen molar-refractivity contribution in [2.24, 2.45) is 0 Å². The molecule has 1 aromatic heterocycles. The van der Waals surface area contributed by atoms with Crippen LogP contribution in [0.5, 0.6) is 11.5 Å². The van der Waals surface area contributed by atoms with Crippen LogP contribution < -0.4 is 14.8 Å². The maximum Gasteiger partial charge on any atom is 0.230 e. The third kappa shape index (κ3) is 6.42. The van der Waals surface area contributed by atoms with Gasteiger partial charge in [-0.15, -0.1) is 5.10 Å². The van der Waals surface area contributed by atoms with Gasteiger partial charge in [-0.1, -0.05) is 72.4 Å². The van der Waals surface area contributed by atoms with Gasteiger partial charge in [0.05, 0.1) is 25.5 Å². The number of rotatable bonds is 11. The Morgan fingerprint density at radius 2 is 1.66 bits per heavy atom. The molecule has 0 atom stereocenters. The number of carbonyl (C=O) groups is 1. The van der Waals surface area contributed by atoms with Gasteiger partial charge < -0.3 is 14.8 Å². The first-order valence-corrected chi connectivity index (χ1v) is 12.3. The van der Waals surface area contributed by atoms with Gasteiger partial charge in [0.25, 0.3) is 0 Å². The van der Waals surface area contributed by atoms with Crippen LogP contribution in [-0.4, -0.2) is 47.6 Å². The molecule has 35 heavy (non-hydrogen) atoms. The molecule has 180 valence electrons. The van der Waals surface area contributed by atoms with Crippen LogP contribution in [0.3, 0.4) is 0 Å². The first-order chi connectivity index (χ1) is 17.2. The van der Waals surface area contributed by atoms with Crippen molar-refractivity contribution in [3.63, 3.8) is 0 Å². The van der Waals surface area contributed by atoms with Crippen molar-refractivity contribution in [2.45, 2.75) is 17.5 Å². The minimum atomic E-state index is -0.0525. The van der Waals surface area contributed by atoms with Gasteiger partial charge in [-0.05, 0) is 29.7 Å². The molecule has 1 amide bonds. The lowest BCUT2D eigenvalue weighted by Crippen LogP contribution is -2.27. The summed E-state index contributed by atoms with van der Waals surface area (Å²) in [6.07, 6.45) is 0.812. The number of amides is 1. The van der Waals surface area contributed by atoms with Crippen LogP contribution in [0.15, 0.2) is 84.0 Å². The van der Waals surface area contributed by atoms with Crippen molar-refractivity contribution in [3.05, 3.63) is 90.0 Å². The van der Waals surface area contributed by atoms with Crippen molar-refractivity contribution in [1.82, 2.24) is 20.5 Å². The number of benzene rings is 3. The molecule has 0 bridgehead atoms. The molecule has 0 aliphatic heterocycles. The number of hydrogen-bond acceptors (Lipinski definition) is 6. The Bertz CT molecular complexity index is 1190. The fraction of sp³-hybridized carbons (Fsp3) is 0.222. The first-order valence-electron chi connectivity index (χ1n) is 11.3. The first kappa shape index (κ1) is 24.3. The van der Waals surface area contributed by atoms with Crippen molar-refractivity contribution >= 4 is 17.7 Å². The Morgan fingerprint density at radius 1 is 0.971 bits per heavy atom. The van der Waals surface area contributed by atoms with Crippen LogP contribution in [0, 0.1) is 0 Å². The van der Waals surface area contributed by atoms with Crippen LogP contribution in [-0.2, 0) is 4.79 Å². The van der Waals surface area contributed by atoms with Gasteiger partial charge in [0, 0.05) is 18.5 Å². The van der Waals surface area contributed by atoms with Gasteiger partial charge in [0.2, 0.25) is 11.1 Å². The molecular formula is C27H28N4O3S. The summed E-state index contributed by atoms with van der Waals surface area (Å²) in [5, 5.41) is 10.7. The van der Waals surface area contributed by atoms with E-state index in [-0.39, 0.29) is 17.6 Å². The van der Waals surface area contributed by atoms with Crippen LogP contribution in [0.2, 0.25) is 0 Å². The maximum atomic E-state index is 12.5. The van der Waals surface area contributed by atoms with E-state index in [9.17, 15) is 4.79 Å². The SMILES string of the molecule is COc1ccc(-c2nc(SCC(=O)NCCC(c3ccccc3)c3ccccc3)n[nH]2)c(OC)c1. The van der Waals surface area contributed by atoms with Gasteiger partial charge in [0.1, 0.15) is 11.5 Å². The van der Waals surface area contributed by atoms with Crippen LogP contribution in [0.4, 0.5) is 0 Å². The van der Waals surface area contributed by atoms with Gasteiger partial charge >= 0.3 is 0 Å². The average Bonchev–Trinajstić information content (AvgIpc) is 3.39. The Hall–Kier alpha value is -3.78. The number of carbonyl (C=O) groups excluding carboxylic acids is 1. The van der Waals surface area contributed by atoms with E-state index in [1.807, 2.05) is 48.5 Å². The molecule has 0 fully saturated rings. The topological polar surface area (TPSA) is 89.1 Å². The lowest BCUT2D eigenvalue weighted by Gasteiger charge is -2.18. The fourth-order valence-electron chi connectivity index (χ4n) is 3.86. The number of ether oxygens (including phenoxy) is 2. The summed E-state index contributed by atoms with van der Waals surface area (Å²) >= 11 is 1.29. The molecule has 3 aromatic carbocycles. The number of methoxy groups -OCH3 is 2. The fourth-order valence-corrected chi connectivity index (χ4v) is 4.49. The molecule has 4 aromatic rings.